The van der Waals surface area contributed by atoms with E-state index >= 15 is 0 Å². The van der Waals surface area contributed by atoms with E-state index in [1.165, 1.54) is 11.2 Å². The summed E-state index contributed by atoms with van der Waals surface area (Å²) in [6.07, 6.45) is 4.59. The third-order valence-electron chi connectivity index (χ3n) is 5.29. The summed E-state index contributed by atoms with van der Waals surface area (Å²) in [5, 5.41) is 15.2. The number of aromatic nitrogens is 3. The molecule has 2 heterocycles. The summed E-state index contributed by atoms with van der Waals surface area (Å²) < 4.78 is 0. The quantitative estimate of drug-likeness (QED) is 0.242. The number of carbonyl (C=O) groups excluding carboxylic acids is 2. The highest BCUT2D eigenvalue weighted by Gasteiger charge is 2.17. The molecule has 2 amide bonds. The van der Waals surface area contributed by atoms with Gasteiger partial charge in [-0.2, -0.15) is 10.2 Å². The Morgan fingerprint density at radius 3 is 2.51 bits per heavy atom. The molecule has 0 bridgehead atoms. The van der Waals surface area contributed by atoms with Gasteiger partial charge in [0.1, 0.15) is 11.4 Å². The molecule has 0 spiro atoms. The van der Waals surface area contributed by atoms with Crippen molar-refractivity contribution >= 4 is 17.5 Å². The Kier molecular flexibility index (Phi) is 7.46. The molecule has 3 rings (SSSR count). The predicted octanol–water partition coefficient (Wildman–Crippen LogP) is 2.59. The highest BCUT2D eigenvalue weighted by atomic mass is 16.2. The minimum absolute atomic E-state index is 0.0176. The van der Waals surface area contributed by atoms with Crippen LogP contribution in [0.4, 0.5) is 5.69 Å². The normalized spacial score (nSPS) is 11.7. The van der Waals surface area contributed by atoms with Crippen molar-refractivity contribution in [2.24, 2.45) is 11.6 Å². The van der Waals surface area contributed by atoms with Crippen LogP contribution in [0, 0.1) is 6.92 Å². The molecule has 0 aliphatic heterocycles. The van der Waals surface area contributed by atoms with E-state index in [0.717, 1.165) is 22.3 Å². The van der Waals surface area contributed by atoms with Crippen LogP contribution >= 0.6 is 0 Å². The van der Waals surface area contributed by atoms with Crippen LogP contribution in [-0.2, 0) is 4.79 Å². The largest absolute Gasteiger partial charge is 0.393 e. The van der Waals surface area contributed by atoms with Crippen molar-refractivity contribution in [3.63, 3.8) is 0 Å². The average Bonchev–Trinajstić information content (AvgIpc) is 2.84. The molecule has 0 radical (unpaired) electrons. The minimum Gasteiger partial charge on any atom is -0.393 e. The molecule has 2 aromatic heterocycles. The Hall–Kier alpha value is -4.31. The average molecular weight is 475 g/mol. The maximum Gasteiger partial charge on any atom is 0.273 e. The number of anilines is 1. The number of hydrogen-bond donors (Lipinski definition) is 4. The van der Waals surface area contributed by atoms with Gasteiger partial charge >= 0.3 is 0 Å². The van der Waals surface area contributed by atoms with Gasteiger partial charge in [0, 0.05) is 41.8 Å². The van der Waals surface area contributed by atoms with E-state index < -0.39 is 5.91 Å². The number of amides is 2. The van der Waals surface area contributed by atoms with Gasteiger partial charge in [0.05, 0.1) is 11.9 Å². The zero-order valence-electron chi connectivity index (χ0n) is 20.5. The number of pyridine rings is 1. The first-order chi connectivity index (χ1) is 16.5. The number of carbonyl (C=O) groups is 2. The van der Waals surface area contributed by atoms with E-state index in [2.05, 4.69) is 25.8 Å². The van der Waals surface area contributed by atoms with Gasteiger partial charge in [0.2, 0.25) is 0 Å². The zero-order chi connectivity index (χ0) is 25.8. The van der Waals surface area contributed by atoms with Gasteiger partial charge in [0.15, 0.2) is 0 Å². The lowest BCUT2D eigenvalue weighted by atomic mass is 10.0. The third-order valence-corrected chi connectivity index (χ3v) is 5.29. The summed E-state index contributed by atoms with van der Waals surface area (Å²) in [7, 11) is 1.55. The fraction of sp³-hybridized carbons (Fsp3) is 0.240. The lowest BCUT2D eigenvalue weighted by Gasteiger charge is -2.30. The van der Waals surface area contributed by atoms with Crippen LogP contribution in [0.25, 0.3) is 22.4 Å². The van der Waals surface area contributed by atoms with Crippen LogP contribution in [0.1, 0.15) is 36.8 Å². The number of hydrogen-bond acceptors (Lipinski definition) is 8. The van der Waals surface area contributed by atoms with Gasteiger partial charge in [0.25, 0.3) is 11.8 Å². The summed E-state index contributed by atoms with van der Waals surface area (Å²) in [6.45, 7) is 7.65. The van der Waals surface area contributed by atoms with E-state index in [4.69, 9.17) is 11.6 Å². The molecule has 10 nitrogen and oxygen atoms in total. The molecule has 10 heteroatoms. The molecule has 1 aromatic carbocycles. The summed E-state index contributed by atoms with van der Waals surface area (Å²) in [5.41, 5.74) is 10.3. The van der Waals surface area contributed by atoms with Crippen LogP contribution in [0.15, 0.2) is 60.7 Å². The lowest BCUT2D eigenvalue weighted by molar-refractivity contribution is -0.113. The monoisotopic (exact) mass is 474 g/mol. The summed E-state index contributed by atoms with van der Waals surface area (Å²) in [6, 6.07) is 10.8. The molecule has 6 N–H and O–H groups in total. The number of nitrogens with one attached hydrogen (secondary N) is 2. The second-order valence-corrected chi connectivity index (χ2v) is 8.98. The molecule has 3 aromatic rings. The van der Waals surface area contributed by atoms with Crippen molar-refractivity contribution in [2.45, 2.75) is 33.2 Å². The summed E-state index contributed by atoms with van der Waals surface area (Å²) >= 11 is 0. The molecule has 0 aliphatic rings. The SMILES string of the molecule is CNC(=O)c1cc(-c2cnnc(-c3cc(NC(=O)/C(N)=C/N(N)C(C)(C)C)ccc3C)c2)ccn1. The third kappa shape index (κ3) is 6.18. The maximum absolute atomic E-state index is 12.6. The fourth-order valence-corrected chi connectivity index (χ4v) is 3.10. The van der Waals surface area contributed by atoms with E-state index in [9.17, 15) is 9.59 Å². The zero-order valence-corrected chi connectivity index (χ0v) is 20.5. The minimum atomic E-state index is -0.474. The Bertz CT molecular complexity index is 1280. The van der Waals surface area contributed by atoms with E-state index in [1.54, 1.807) is 43.7 Å². The van der Waals surface area contributed by atoms with E-state index in [0.29, 0.717) is 17.1 Å². The van der Waals surface area contributed by atoms with Crippen molar-refractivity contribution < 1.29 is 9.59 Å². The van der Waals surface area contributed by atoms with Crippen molar-refractivity contribution in [2.75, 3.05) is 12.4 Å². The van der Waals surface area contributed by atoms with Gasteiger partial charge in [-0.05, 0) is 69.2 Å². The highest BCUT2D eigenvalue weighted by Crippen LogP contribution is 2.28. The van der Waals surface area contributed by atoms with Crippen LogP contribution in [0.5, 0.6) is 0 Å². The number of rotatable bonds is 6. The van der Waals surface area contributed by atoms with Crippen LogP contribution in [0.3, 0.4) is 0 Å². The van der Waals surface area contributed by atoms with Crippen molar-refractivity contribution in [1.82, 2.24) is 25.5 Å². The fourth-order valence-electron chi connectivity index (χ4n) is 3.10. The highest BCUT2D eigenvalue weighted by molar-refractivity contribution is 6.03. The van der Waals surface area contributed by atoms with Gasteiger partial charge in [-0.3, -0.25) is 14.6 Å². The number of nitrogens with zero attached hydrogens (tertiary/aromatic N) is 4. The Balaban J connectivity index is 1.89. The van der Waals surface area contributed by atoms with Gasteiger partial charge < -0.3 is 21.4 Å². The topological polar surface area (TPSA) is 152 Å². The van der Waals surface area contributed by atoms with E-state index in [1.807, 2.05) is 39.8 Å². The van der Waals surface area contributed by atoms with E-state index in [-0.39, 0.29) is 17.1 Å². The smallest absolute Gasteiger partial charge is 0.273 e. The predicted molar refractivity (Wildman–Crippen MR) is 136 cm³/mol. The number of aryl methyl sites for hydroxylation is 1. The molecule has 182 valence electrons. The molecule has 0 unspecified atom stereocenters. The van der Waals surface area contributed by atoms with Gasteiger partial charge in [-0.25, -0.2) is 5.84 Å². The number of benzene rings is 1. The molecular formula is C25H30N8O2. The van der Waals surface area contributed by atoms with Crippen LogP contribution < -0.4 is 22.2 Å². The Labute approximate surface area is 204 Å². The molecule has 35 heavy (non-hydrogen) atoms. The second-order valence-electron chi connectivity index (χ2n) is 8.98. The maximum atomic E-state index is 12.6. The first kappa shape index (κ1) is 25.3. The Morgan fingerprint density at radius 2 is 1.83 bits per heavy atom. The number of hydrazine groups is 1. The van der Waals surface area contributed by atoms with Crippen molar-refractivity contribution in [1.29, 1.82) is 0 Å². The molecule has 0 saturated carbocycles. The molecule has 0 fully saturated rings. The molecule has 0 aliphatic carbocycles. The molecular weight excluding hydrogens is 444 g/mol. The van der Waals surface area contributed by atoms with Gasteiger partial charge in [-0.1, -0.05) is 6.07 Å². The first-order valence-corrected chi connectivity index (χ1v) is 10.9. The summed E-state index contributed by atoms with van der Waals surface area (Å²) in [4.78, 5) is 28.7. The lowest BCUT2D eigenvalue weighted by Crippen LogP contribution is -2.43. The Morgan fingerprint density at radius 1 is 1.09 bits per heavy atom. The second kappa shape index (κ2) is 10.3. The van der Waals surface area contributed by atoms with Crippen molar-refractivity contribution in [3.8, 4) is 22.4 Å². The molecule has 0 atom stereocenters. The standard InChI is InChI=1S/C25H30N8O2/c1-15-6-7-18(31-23(34)20(26)14-33(27)25(2,3)4)12-19(15)21-11-17(13-30-32-21)16-8-9-29-22(10-16)24(35)28-5/h6-14H,26-27H2,1-5H3,(H,28,35)(H,31,34)/b20-14-. The van der Waals surface area contributed by atoms with Gasteiger partial charge in [-0.15, -0.1) is 0 Å². The van der Waals surface area contributed by atoms with Crippen LogP contribution in [-0.4, -0.2) is 44.6 Å². The molecule has 0 saturated heterocycles. The first-order valence-electron chi connectivity index (χ1n) is 10.9. The summed E-state index contributed by atoms with van der Waals surface area (Å²) in [5.74, 6) is 5.20. The van der Waals surface area contributed by atoms with Crippen molar-refractivity contribution in [3.05, 3.63) is 71.9 Å². The van der Waals surface area contributed by atoms with Crippen LogP contribution in [0.2, 0.25) is 0 Å². The number of nitrogens with two attached hydrogens (primary N) is 2.